The molecule has 19 heavy (non-hydrogen) atoms. The lowest BCUT2D eigenvalue weighted by Gasteiger charge is -2.01. The highest BCUT2D eigenvalue weighted by Gasteiger charge is 2.19. The normalized spacial score (nSPS) is 10.8. The Labute approximate surface area is 114 Å². The second-order valence-electron chi connectivity index (χ2n) is 4.23. The number of aromatic nitrogens is 1. The number of nitrogens with zero attached hydrogens (tertiary/aromatic N) is 1. The highest BCUT2D eigenvalue weighted by Crippen LogP contribution is 2.37. The molecule has 0 saturated carbocycles. The Morgan fingerprint density at radius 2 is 2.05 bits per heavy atom. The summed E-state index contributed by atoms with van der Waals surface area (Å²) in [5, 5.41) is 4.46. The summed E-state index contributed by atoms with van der Waals surface area (Å²) in [6.45, 7) is 1.86. The molecule has 0 atom stereocenters. The zero-order valence-corrected chi connectivity index (χ0v) is 10.9. The topological polar surface area (TPSA) is 65.2 Å². The molecule has 3 rings (SSSR count). The van der Waals surface area contributed by atoms with Gasteiger partial charge in [-0.25, -0.2) is 0 Å². The molecule has 0 aliphatic rings. The number of anilines is 1. The molecule has 3 aromatic rings. The summed E-state index contributed by atoms with van der Waals surface area (Å²) in [4.78, 5) is 0. The van der Waals surface area contributed by atoms with Crippen molar-refractivity contribution in [2.45, 2.75) is 6.92 Å². The zero-order chi connectivity index (χ0) is 13.4. The maximum absolute atomic E-state index is 6.01. The first kappa shape index (κ1) is 11.9. The van der Waals surface area contributed by atoms with Crippen LogP contribution in [-0.4, -0.2) is 5.16 Å². The third-order valence-electron chi connectivity index (χ3n) is 2.82. The maximum atomic E-state index is 6.01. The number of furan rings is 1. The number of rotatable bonds is 2. The van der Waals surface area contributed by atoms with E-state index in [1.807, 2.05) is 31.2 Å². The van der Waals surface area contributed by atoms with Crippen LogP contribution in [0.25, 0.3) is 22.5 Å². The molecule has 2 heterocycles. The molecule has 0 unspecified atom stereocenters. The van der Waals surface area contributed by atoms with Crippen LogP contribution in [0.2, 0.25) is 5.02 Å². The molecule has 4 nitrogen and oxygen atoms in total. The summed E-state index contributed by atoms with van der Waals surface area (Å²) in [5.74, 6) is 1.70. The molecule has 5 heteroatoms. The Hall–Kier alpha value is -2.20. The Balaban J connectivity index is 2.19. The minimum Gasteiger partial charge on any atom is -0.469 e. The van der Waals surface area contributed by atoms with Crippen molar-refractivity contribution in [1.82, 2.24) is 5.16 Å². The van der Waals surface area contributed by atoms with Crippen molar-refractivity contribution in [3.8, 4) is 22.5 Å². The van der Waals surface area contributed by atoms with Crippen LogP contribution in [0.4, 0.5) is 5.82 Å². The van der Waals surface area contributed by atoms with Gasteiger partial charge in [-0.3, -0.25) is 0 Å². The van der Waals surface area contributed by atoms with E-state index in [4.69, 9.17) is 26.3 Å². The van der Waals surface area contributed by atoms with Gasteiger partial charge in [-0.2, -0.15) is 0 Å². The summed E-state index contributed by atoms with van der Waals surface area (Å²) >= 11 is 6.01. The molecule has 2 aromatic heterocycles. The highest BCUT2D eigenvalue weighted by atomic mass is 35.5. The van der Waals surface area contributed by atoms with E-state index in [0.717, 1.165) is 22.5 Å². The van der Waals surface area contributed by atoms with E-state index >= 15 is 0 Å². The van der Waals surface area contributed by atoms with Crippen LogP contribution in [0.3, 0.4) is 0 Å². The van der Waals surface area contributed by atoms with E-state index in [1.54, 1.807) is 12.3 Å². The Morgan fingerprint density at radius 3 is 2.74 bits per heavy atom. The average Bonchev–Trinajstić information content (AvgIpc) is 2.95. The van der Waals surface area contributed by atoms with E-state index in [9.17, 15) is 0 Å². The summed E-state index contributed by atoms with van der Waals surface area (Å²) in [6.07, 6.45) is 1.61. The lowest BCUT2D eigenvalue weighted by atomic mass is 10.0. The summed E-state index contributed by atoms with van der Waals surface area (Å²) < 4.78 is 10.6. The quantitative estimate of drug-likeness (QED) is 0.762. The van der Waals surface area contributed by atoms with E-state index in [-0.39, 0.29) is 0 Å². The van der Waals surface area contributed by atoms with Gasteiger partial charge in [0.15, 0.2) is 11.6 Å². The molecule has 0 radical (unpaired) electrons. The molecule has 0 aliphatic carbocycles. The predicted molar refractivity (Wildman–Crippen MR) is 73.8 cm³/mol. The van der Waals surface area contributed by atoms with Crippen LogP contribution in [0.5, 0.6) is 0 Å². The van der Waals surface area contributed by atoms with Crippen molar-refractivity contribution in [2.75, 3.05) is 5.73 Å². The molecule has 0 spiro atoms. The number of hydrogen-bond acceptors (Lipinski definition) is 4. The third kappa shape index (κ3) is 2.11. The molecule has 0 aliphatic heterocycles. The van der Waals surface area contributed by atoms with Gasteiger partial charge in [0, 0.05) is 5.02 Å². The van der Waals surface area contributed by atoms with Gasteiger partial charge in [-0.15, -0.1) is 0 Å². The Bertz CT molecular complexity index is 731. The number of halogens is 1. The number of hydrogen-bond donors (Lipinski definition) is 1. The van der Waals surface area contributed by atoms with E-state index in [0.29, 0.717) is 16.6 Å². The maximum Gasteiger partial charge on any atom is 0.180 e. The van der Waals surface area contributed by atoms with Crippen molar-refractivity contribution in [2.24, 2.45) is 0 Å². The van der Waals surface area contributed by atoms with Gasteiger partial charge in [0.05, 0.1) is 11.1 Å². The van der Waals surface area contributed by atoms with Crippen molar-refractivity contribution >= 4 is 17.4 Å². The second kappa shape index (κ2) is 4.48. The summed E-state index contributed by atoms with van der Waals surface area (Å²) in [5.41, 5.74) is 8.28. The minimum atomic E-state index is 0.330. The van der Waals surface area contributed by atoms with E-state index < -0.39 is 0 Å². The van der Waals surface area contributed by atoms with E-state index in [2.05, 4.69) is 5.16 Å². The number of benzene rings is 1. The van der Waals surface area contributed by atoms with Gasteiger partial charge in [0.25, 0.3) is 0 Å². The minimum absolute atomic E-state index is 0.330. The molecule has 1 aromatic carbocycles. The lowest BCUT2D eigenvalue weighted by Crippen LogP contribution is -1.88. The second-order valence-corrected chi connectivity index (χ2v) is 4.66. The fraction of sp³-hybridized carbons (Fsp3) is 0.0714. The van der Waals surface area contributed by atoms with Crippen LogP contribution >= 0.6 is 11.6 Å². The molecule has 0 saturated heterocycles. The van der Waals surface area contributed by atoms with Gasteiger partial charge < -0.3 is 14.7 Å². The monoisotopic (exact) mass is 274 g/mol. The largest absolute Gasteiger partial charge is 0.469 e. The zero-order valence-electron chi connectivity index (χ0n) is 10.2. The number of nitrogen functional groups attached to an aromatic ring is 1. The van der Waals surface area contributed by atoms with Gasteiger partial charge >= 0.3 is 0 Å². The molecular weight excluding hydrogens is 264 g/mol. The SMILES string of the molecule is Cc1cc(-c2onc(N)c2-c2cccc(Cl)c2)co1. The fourth-order valence-electron chi connectivity index (χ4n) is 1.98. The Morgan fingerprint density at radius 1 is 1.21 bits per heavy atom. The van der Waals surface area contributed by atoms with Gasteiger partial charge in [-0.05, 0) is 30.7 Å². The lowest BCUT2D eigenvalue weighted by molar-refractivity contribution is 0.435. The number of aryl methyl sites for hydroxylation is 1. The smallest absolute Gasteiger partial charge is 0.180 e. The van der Waals surface area contributed by atoms with Gasteiger partial charge in [0.1, 0.15) is 12.0 Å². The first-order chi connectivity index (χ1) is 9.15. The average molecular weight is 275 g/mol. The van der Waals surface area contributed by atoms with Crippen molar-refractivity contribution in [3.63, 3.8) is 0 Å². The van der Waals surface area contributed by atoms with E-state index in [1.165, 1.54) is 0 Å². The molecule has 0 fully saturated rings. The van der Waals surface area contributed by atoms with Crippen LogP contribution in [0.15, 0.2) is 45.5 Å². The summed E-state index contributed by atoms with van der Waals surface area (Å²) in [7, 11) is 0. The molecular formula is C14H11ClN2O2. The van der Waals surface area contributed by atoms with Crippen LogP contribution < -0.4 is 5.73 Å². The Kier molecular flexibility index (Phi) is 2.80. The molecule has 96 valence electrons. The molecule has 0 bridgehead atoms. The highest BCUT2D eigenvalue weighted by molar-refractivity contribution is 6.30. The van der Waals surface area contributed by atoms with Gasteiger partial charge in [-0.1, -0.05) is 28.9 Å². The third-order valence-corrected chi connectivity index (χ3v) is 3.06. The van der Waals surface area contributed by atoms with Crippen molar-refractivity contribution in [3.05, 3.63) is 47.4 Å². The fourth-order valence-corrected chi connectivity index (χ4v) is 2.18. The van der Waals surface area contributed by atoms with Crippen LogP contribution in [-0.2, 0) is 0 Å². The van der Waals surface area contributed by atoms with Crippen molar-refractivity contribution in [1.29, 1.82) is 0 Å². The van der Waals surface area contributed by atoms with Gasteiger partial charge in [0.2, 0.25) is 0 Å². The van der Waals surface area contributed by atoms with Crippen LogP contribution in [0, 0.1) is 6.92 Å². The van der Waals surface area contributed by atoms with Crippen LogP contribution in [0.1, 0.15) is 5.76 Å². The first-order valence-electron chi connectivity index (χ1n) is 5.72. The summed E-state index contributed by atoms with van der Waals surface area (Å²) in [6, 6.07) is 9.25. The van der Waals surface area contributed by atoms with Crippen molar-refractivity contribution < 1.29 is 8.94 Å². The first-order valence-corrected chi connectivity index (χ1v) is 6.09. The number of nitrogens with two attached hydrogens (primary N) is 1. The predicted octanol–water partition coefficient (Wildman–Crippen LogP) is 4.15. The molecule has 0 amide bonds. The molecule has 2 N–H and O–H groups in total. The standard InChI is InChI=1S/C14H11ClN2O2/c1-8-5-10(7-18-8)13-12(14(16)17-19-13)9-3-2-4-11(15)6-9/h2-7H,1H3,(H2,16,17).